The molecular weight excluding hydrogens is 374 g/mol. The largest absolute Gasteiger partial charge is 0.496 e. The summed E-state index contributed by atoms with van der Waals surface area (Å²) in [5.74, 6) is 1.17. The summed E-state index contributed by atoms with van der Waals surface area (Å²) < 4.78 is 5.97. The molecule has 0 radical (unpaired) electrons. The Kier molecular flexibility index (Phi) is 4.79. The van der Waals surface area contributed by atoms with E-state index in [1.165, 1.54) is 0 Å². The van der Waals surface area contributed by atoms with Crippen molar-refractivity contribution in [2.45, 2.75) is 0 Å². The molecule has 1 N–H and O–H groups in total. The second-order valence-corrected chi connectivity index (χ2v) is 5.59. The Bertz CT molecular complexity index is 622. The van der Waals surface area contributed by atoms with Crippen LogP contribution in [0.5, 0.6) is 5.75 Å². The first-order valence-corrected chi connectivity index (χ1v) is 7.06. The lowest BCUT2D eigenvalue weighted by atomic mass is 10.3. The van der Waals surface area contributed by atoms with E-state index >= 15 is 0 Å². The van der Waals surface area contributed by atoms with Gasteiger partial charge in [0.05, 0.1) is 21.6 Å². The van der Waals surface area contributed by atoms with Crippen LogP contribution in [0.15, 0.2) is 28.7 Å². The second kappa shape index (κ2) is 6.18. The number of methoxy groups -OCH3 is 1. The average Bonchev–Trinajstić information content (AvgIpc) is 2.36. The van der Waals surface area contributed by atoms with Gasteiger partial charge in [-0.1, -0.05) is 34.8 Å². The van der Waals surface area contributed by atoms with E-state index in [1.807, 2.05) is 18.2 Å². The molecule has 3 nitrogen and oxygen atoms in total. The molecule has 0 atom stereocenters. The fourth-order valence-corrected chi connectivity index (χ4v) is 2.50. The molecule has 0 aliphatic carbocycles. The number of pyridine rings is 1. The van der Waals surface area contributed by atoms with Crippen LogP contribution < -0.4 is 10.1 Å². The maximum absolute atomic E-state index is 6.05. The van der Waals surface area contributed by atoms with Crippen molar-refractivity contribution >= 4 is 62.2 Å². The maximum Gasteiger partial charge on any atom is 0.151 e. The molecular formula is C12H8BrCl3N2O. The van der Waals surface area contributed by atoms with E-state index in [1.54, 1.807) is 13.2 Å². The summed E-state index contributed by atoms with van der Waals surface area (Å²) in [4.78, 5) is 4.08. The third-order valence-electron chi connectivity index (χ3n) is 2.30. The second-order valence-electron chi connectivity index (χ2n) is 3.57. The lowest BCUT2D eigenvalue weighted by Gasteiger charge is -2.10. The van der Waals surface area contributed by atoms with E-state index in [-0.39, 0.29) is 5.15 Å². The lowest BCUT2D eigenvalue weighted by molar-refractivity contribution is 0.412. The van der Waals surface area contributed by atoms with Crippen LogP contribution in [0.4, 0.5) is 11.5 Å². The van der Waals surface area contributed by atoms with Crippen LogP contribution in [-0.4, -0.2) is 12.1 Å². The van der Waals surface area contributed by atoms with Gasteiger partial charge in [-0.05, 0) is 40.2 Å². The number of nitrogens with one attached hydrogen (secondary N) is 1. The Labute approximate surface area is 134 Å². The molecule has 0 aliphatic heterocycles. The number of ether oxygens (including phenoxy) is 1. The van der Waals surface area contributed by atoms with E-state index in [2.05, 4.69) is 26.2 Å². The van der Waals surface area contributed by atoms with Crippen molar-refractivity contribution in [3.05, 3.63) is 43.9 Å². The SMILES string of the molecule is COc1ccc(Nc2nc(Cl)c(Cl)cc2Cl)cc1Br. The first-order valence-electron chi connectivity index (χ1n) is 5.13. The zero-order valence-electron chi connectivity index (χ0n) is 9.68. The molecule has 0 unspecified atom stereocenters. The van der Waals surface area contributed by atoms with Gasteiger partial charge in [-0.2, -0.15) is 0 Å². The predicted octanol–water partition coefficient (Wildman–Crippen LogP) is 5.56. The van der Waals surface area contributed by atoms with Gasteiger partial charge < -0.3 is 10.1 Å². The fraction of sp³-hybridized carbons (Fsp3) is 0.0833. The Morgan fingerprint density at radius 3 is 2.53 bits per heavy atom. The van der Waals surface area contributed by atoms with Crippen molar-refractivity contribution in [2.24, 2.45) is 0 Å². The normalized spacial score (nSPS) is 10.4. The summed E-state index contributed by atoms with van der Waals surface area (Å²) in [7, 11) is 1.60. The molecule has 19 heavy (non-hydrogen) atoms. The molecule has 1 aromatic carbocycles. The highest BCUT2D eigenvalue weighted by Crippen LogP contribution is 2.33. The number of anilines is 2. The zero-order chi connectivity index (χ0) is 14.0. The Morgan fingerprint density at radius 1 is 1.16 bits per heavy atom. The molecule has 100 valence electrons. The third-order valence-corrected chi connectivity index (χ3v) is 3.88. The molecule has 1 heterocycles. The average molecular weight is 382 g/mol. The van der Waals surface area contributed by atoms with E-state index < -0.39 is 0 Å². The van der Waals surface area contributed by atoms with Gasteiger partial charge >= 0.3 is 0 Å². The van der Waals surface area contributed by atoms with Crippen molar-refractivity contribution in [3.8, 4) is 5.75 Å². The predicted molar refractivity (Wildman–Crippen MR) is 83.2 cm³/mol. The Hall–Kier alpha value is -0.680. The van der Waals surface area contributed by atoms with Crippen molar-refractivity contribution in [2.75, 3.05) is 12.4 Å². The number of aromatic nitrogens is 1. The van der Waals surface area contributed by atoms with Crippen LogP contribution in [0.3, 0.4) is 0 Å². The summed E-state index contributed by atoms with van der Waals surface area (Å²) in [6, 6.07) is 7.04. The van der Waals surface area contributed by atoms with Crippen molar-refractivity contribution < 1.29 is 4.74 Å². The van der Waals surface area contributed by atoms with Crippen LogP contribution in [0.1, 0.15) is 0 Å². The van der Waals surface area contributed by atoms with Gasteiger partial charge in [-0.25, -0.2) is 4.98 Å². The first kappa shape index (κ1) is 14.7. The highest BCUT2D eigenvalue weighted by Gasteiger charge is 2.09. The monoisotopic (exact) mass is 380 g/mol. The highest BCUT2D eigenvalue weighted by molar-refractivity contribution is 9.10. The standard InChI is InChI=1S/C12H8BrCl3N2O/c1-19-10-3-2-6(4-7(10)13)17-12-9(15)5-8(14)11(16)18-12/h2-5H,1H3,(H,17,18). The molecule has 2 rings (SSSR count). The molecule has 0 aliphatic rings. The summed E-state index contributed by atoms with van der Waals surface area (Å²) >= 11 is 21.1. The number of rotatable bonds is 3. The van der Waals surface area contributed by atoms with E-state index in [0.717, 1.165) is 15.9 Å². The van der Waals surface area contributed by atoms with Gasteiger partial charge in [0, 0.05) is 5.69 Å². The van der Waals surface area contributed by atoms with Crippen LogP contribution in [0.25, 0.3) is 0 Å². The molecule has 0 spiro atoms. The number of halogens is 4. The zero-order valence-corrected chi connectivity index (χ0v) is 13.5. The first-order chi connectivity index (χ1) is 9.01. The van der Waals surface area contributed by atoms with Crippen LogP contribution in [0.2, 0.25) is 15.2 Å². The molecule has 2 aromatic rings. The molecule has 0 bridgehead atoms. The molecule has 0 saturated heterocycles. The number of hydrogen-bond donors (Lipinski definition) is 1. The van der Waals surface area contributed by atoms with E-state index in [0.29, 0.717) is 15.9 Å². The molecule has 7 heteroatoms. The summed E-state index contributed by atoms with van der Waals surface area (Å²) in [5.41, 5.74) is 0.792. The third kappa shape index (κ3) is 3.45. The van der Waals surface area contributed by atoms with Gasteiger partial charge in [0.1, 0.15) is 10.9 Å². The van der Waals surface area contributed by atoms with Crippen molar-refractivity contribution in [1.82, 2.24) is 4.98 Å². The molecule has 0 fully saturated rings. The lowest BCUT2D eigenvalue weighted by Crippen LogP contribution is -1.96. The topological polar surface area (TPSA) is 34.1 Å². The minimum absolute atomic E-state index is 0.196. The van der Waals surface area contributed by atoms with Crippen molar-refractivity contribution in [3.63, 3.8) is 0 Å². The smallest absolute Gasteiger partial charge is 0.151 e. The van der Waals surface area contributed by atoms with Gasteiger partial charge in [-0.3, -0.25) is 0 Å². The van der Waals surface area contributed by atoms with Gasteiger partial charge in [-0.15, -0.1) is 0 Å². The minimum atomic E-state index is 0.196. The fourth-order valence-electron chi connectivity index (χ4n) is 1.41. The summed E-state index contributed by atoms with van der Waals surface area (Å²) in [6.07, 6.45) is 0. The Balaban J connectivity index is 2.31. The highest BCUT2D eigenvalue weighted by atomic mass is 79.9. The summed E-state index contributed by atoms with van der Waals surface area (Å²) in [5, 5.41) is 3.96. The summed E-state index contributed by atoms with van der Waals surface area (Å²) in [6.45, 7) is 0. The van der Waals surface area contributed by atoms with Gasteiger partial charge in [0.2, 0.25) is 0 Å². The number of benzene rings is 1. The molecule has 0 saturated carbocycles. The number of hydrogen-bond acceptors (Lipinski definition) is 3. The van der Waals surface area contributed by atoms with E-state index in [9.17, 15) is 0 Å². The maximum atomic E-state index is 6.05. The Morgan fingerprint density at radius 2 is 1.89 bits per heavy atom. The minimum Gasteiger partial charge on any atom is -0.496 e. The molecule has 0 amide bonds. The van der Waals surface area contributed by atoms with Crippen LogP contribution in [0, 0.1) is 0 Å². The van der Waals surface area contributed by atoms with Crippen LogP contribution in [-0.2, 0) is 0 Å². The van der Waals surface area contributed by atoms with Crippen molar-refractivity contribution in [1.29, 1.82) is 0 Å². The van der Waals surface area contributed by atoms with Crippen LogP contribution >= 0.6 is 50.7 Å². The van der Waals surface area contributed by atoms with Gasteiger partial charge in [0.15, 0.2) is 5.82 Å². The number of nitrogens with zero attached hydrogens (tertiary/aromatic N) is 1. The quantitative estimate of drug-likeness (QED) is 0.706. The van der Waals surface area contributed by atoms with Gasteiger partial charge in [0.25, 0.3) is 0 Å². The molecule has 1 aromatic heterocycles. The van der Waals surface area contributed by atoms with E-state index in [4.69, 9.17) is 39.5 Å².